The Morgan fingerprint density at radius 2 is 1.89 bits per heavy atom. The molecule has 0 aliphatic carbocycles. The lowest BCUT2D eigenvalue weighted by Crippen LogP contribution is -2.49. The Bertz CT molecular complexity index is 2260. The Kier molecular flexibility index (Phi) is 10.8. The van der Waals surface area contributed by atoms with E-state index in [9.17, 15) is 28.9 Å². The van der Waals surface area contributed by atoms with Gasteiger partial charge in [0, 0.05) is 54.8 Å². The summed E-state index contributed by atoms with van der Waals surface area (Å²) in [6.07, 6.45) is 0.708. The van der Waals surface area contributed by atoms with Gasteiger partial charge in [-0.25, -0.2) is 14.3 Å². The predicted molar refractivity (Wildman–Crippen MR) is 204 cm³/mol. The maximum Gasteiger partial charge on any atom is 0.472 e. The smallest absolute Gasteiger partial charge is 0.423 e. The van der Waals surface area contributed by atoms with Crippen LogP contribution in [-0.2, 0) is 23.1 Å². The minimum Gasteiger partial charge on any atom is -0.423 e. The zero-order valence-corrected chi connectivity index (χ0v) is 32.3. The van der Waals surface area contributed by atoms with Gasteiger partial charge in [0.25, 0.3) is 5.56 Å². The number of aliphatic hydroxyl groups excluding tert-OH is 1. The van der Waals surface area contributed by atoms with E-state index in [1.54, 1.807) is 0 Å². The number of anilines is 3. The number of aliphatic hydroxyl groups is 1. The number of imidazole rings is 1. The summed E-state index contributed by atoms with van der Waals surface area (Å²) in [7, 11) is -4.35. The molecule has 3 aliphatic rings. The van der Waals surface area contributed by atoms with Crippen LogP contribution in [0, 0.1) is 6.92 Å². The molecule has 1 amide bonds. The number of carbonyl (C=O) groups excluding carboxylic acids is 1. The van der Waals surface area contributed by atoms with Crippen molar-refractivity contribution < 1.29 is 37.6 Å². The molecular weight excluding hydrogens is 735 g/mol. The number of hydrogen-bond donors (Lipinski definition) is 6. The van der Waals surface area contributed by atoms with Gasteiger partial charge in [-0.15, -0.1) is 0 Å². The van der Waals surface area contributed by atoms with E-state index in [0.717, 1.165) is 48.7 Å². The van der Waals surface area contributed by atoms with Crippen LogP contribution in [0.5, 0.6) is 0 Å². The number of phosphoric acid groups is 1. The van der Waals surface area contributed by atoms with E-state index in [0.29, 0.717) is 44.0 Å². The van der Waals surface area contributed by atoms with E-state index in [2.05, 4.69) is 57.3 Å². The number of nitrogen functional groups attached to an aromatic ring is 1. The first kappa shape index (κ1) is 38.9. The molecule has 1 aromatic carbocycles. The predicted octanol–water partition coefficient (Wildman–Crippen LogP) is 3.55. The molecule has 2 saturated heterocycles. The first-order valence-electron chi connectivity index (χ1n) is 18.8. The zero-order chi connectivity index (χ0) is 39.2. The Balaban J connectivity index is 0.874. The van der Waals surface area contributed by atoms with E-state index < -0.39 is 37.9 Å². The monoisotopic (exact) mass is 784 g/mol. The van der Waals surface area contributed by atoms with Crippen LogP contribution in [0.15, 0.2) is 32.2 Å². The fraction of sp³-hybridized carbons (Fsp3) is 0.583. The minimum absolute atomic E-state index is 0.00303. The summed E-state index contributed by atoms with van der Waals surface area (Å²) in [5.41, 5.74) is 8.54. The SMILES string of the molecule is Cc1cc(=O)oc2cc3c(cc12)C(C)CC(C)(C)N3CCCC(=O)NCCCCCCNc1nc2c(=O)[nH]c(N)nc2n1[C@@H]1O[C@@H]2COP(=O)(O)O[C@H]2[C@H]1O. The van der Waals surface area contributed by atoms with Gasteiger partial charge >= 0.3 is 13.4 Å². The Labute approximate surface area is 316 Å². The number of rotatable bonds is 13. The summed E-state index contributed by atoms with van der Waals surface area (Å²) in [6.45, 7) is 10.0. The molecule has 0 saturated carbocycles. The van der Waals surface area contributed by atoms with Crippen molar-refractivity contribution in [1.82, 2.24) is 24.8 Å². The van der Waals surface area contributed by atoms with Crippen molar-refractivity contribution in [3.63, 3.8) is 0 Å². The number of nitrogens with one attached hydrogen (secondary N) is 3. The van der Waals surface area contributed by atoms with Gasteiger partial charge in [-0.3, -0.25) is 28.2 Å². The molecule has 2 fully saturated rings. The summed E-state index contributed by atoms with van der Waals surface area (Å²) in [5.74, 6) is 0.380. The zero-order valence-electron chi connectivity index (χ0n) is 31.4. The number of phosphoric ester groups is 1. The molecule has 6 atom stereocenters. The number of hydrogen-bond acceptors (Lipinski definition) is 14. The number of aromatic amines is 1. The van der Waals surface area contributed by atoms with Crippen LogP contribution in [0.1, 0.15) is 89.0 Å². The fourth-order valence-corrected chi connectivity index (χ4v) is 9.12. The molecule has 0 bridgehead atoms. The van der Waals surface area contributed by atoms with E-state index in [4.69, 9.17) is 23.9 Å². The molecule has 298 valence electrons. The van der Waals surface area contributed by atoms with Gasteiger partial charge < -0.3 is 40.4 Å². The summed E-state index contributed by atoms with van der Waals surface area (Å²) in [4.78, 5) is 60.7. The summed E-state index contributed by atoms with van der Waals surface area (Å²) in [5, 5.41) is 18.2. The average Bonchev–Trinajstić information content (AvgIpc) is 3.62. The van der Waals surface area contributed by atoms with Crippen molar-refractivity contribution in [3.05, 3.63) is 50.1 Å². The van der Waals surface area contributed by atoms with Crippen molar-refractivity contribution in [2.24, 2.45) is 0 Å². The second-order valence-electron chi connectivity index (χ2n) is 15.3. The van der Waals surface area contributed by atoms with E-state index in [1.165, 1.54) is 16.2 Å². The first-order chi connectivity index (χ1) is 26.1. The molecule has 3 aromatic heterocycles. The highest BCUT2D eigenvalue weighted by Gasteiger charge is 2.53. The largest absolute Gasteiger partial charge is 0.472 e. The molecule has 4 aromatic rings. The van der Waals surface area contributed by atoms with Crippen molar-refractivity contribution in [2.45, 2.75) is 109 Å². The Morgan fingerprint density at radius 1 is 1.13 bits per heavy atom. The maximum absolute atomic E-state index is 12.8. The van der Waals surface area contributed by atoms with Gasteiger partial charge in [0.05, 0.1) is 6.61 Å². The van der Waals surface area contributed by atoms with Crippen LogP contribution in [-0.4, -0.2) is 85.5 Å². The lowest BCUT2D eigenvalue weighted by Gasteiger charge is -2.47. The molecule has 0 spiro atoms. The molecule has 19 heteroatoms. The third-order valence-corrected chi connectivity index (χ3v) is 11.7. The third-order valence-electron chi connectivity index (χ3n) is 10.7. The van der Waals surface area contributed by atoms with E-state index in [1.807, 2.05) is 13.0 Å². The minimum atomic E-state index is -4.35. The lowest BCUT2D eigenvalue weighted by molar-refractivity contribution is -0.121. The van der Waals surface area contributed by atoms with Gasteiger partial charge in [0.2, 0.25) is 17.8 Å². The Hall–Kier alpha value is -4.32. The second-order valence-corrected chi connectivity index (χ2v) is 16.7. The molecule has 7 N–H and O–H groups in total. The van der Waals surface area contributed by atoms with Crippen LogP contribution in [0.4, 0.5) is 17.6 Å². The number of nitrogens with two attached hydrogens (primary N) is 1. The number of amides is 1. The number of unbranched alkanes of at least 4 members (excludes halogenated alkanes) is 3. The van der Waals surface area contributed by atoms with Gasteiger partial charge in [0.15, 0.2) is 17.4 Å². The van der Waals surface area contributed by atoms with E-state index >= 15 is 0 Å². The molecule has 6 heterocycles. The fourth-order valence-electron chi connectivity index (χ4n) is 8.15. The molecule has 55 heavy (non-hydrogen) atoms. The lowest BCUT2D eigenvalue weighted by atomic mass is 9.79. The highest BCUT2D eigenvalue weighted by Crippen LogP contribution is 2.53. The summed E-state index contributed by atoms with van der Waals surface area (Å²) in [6, 6.07) is 5.67. The molecule has 2 unspecified atom stereocenters. The highest BCUT2D eigenvalue weighted by atomic mass is 31.2. The van der Waals surface area contributed by atoms with Gasteiger partial charge in [-0.05, 0) is 69.6 Å². The average molecular weight is 785 g/mol. The van der Waals surface area contributed by atoms with Crippen LogP contribution in [0.25, 0.3) is 22.1 Å². The number of aromatic nitrogens is 4. The molecule has 3 aliphatic heterocycles. The van der Waals surface area contributed by atoms with Crippen molar-refractivity contribution in [1.29, 1.82) is 0 Å². The number of aryl methyl sites for hydroxylation is 1. The van der Waals surface area contributed by atoms with Crippen molar-refractivity contribution in [2.75, 3.05) is 42.2 Å². The summed E-state index contributed by atoms with van der Waals surface area (Å²) < 4.78 is 34.9. The molecule has 18 nitrogen and oxygen atoms in total. The number of H-pyrrole nitrogens is 1. The second kappa shape index (κ2) is 15.3. The number of benzene rings is 1. The topological polar surface area (TPSA) is 249 Å². The van der Waals surface area contributed by atoms with Crippen LogP contribution in [0.2, 0.25) is 0 Å². The standard InChI is InChI=1S/C36H49N8O10P/c1-19-14-27(46)52-24-16-23-21(15-22(19)24)20(2)17-36(3,4)43(23)13-9-10-26(45)38-11-7-5-6-8-12-39-35-40-28-31(41-34(37)42-32(28)48)44(35)33-29(47)30-25(53-33)18-51-55(49,50)54-30/h14-16,20,25,29-30,33,47H,5-13,17-18H2,1-4H3,(H,38,45)(H,39,40)(H,49,50)(H3,37,41,42,48)/t20?,25-,29-,30-,33-/m1/s1. The number of ether oxygens (including phenoxy) is 1. The van der Waals surface area contributed by atoms with Crippen LogP contribution >= 0.6 is 7.82 Å². The number of fused-ring (bicyclic) bond motifs is 4. The quantitative estimate of drug-likeness (QED) is 0.0645. The first-order valence-corrected chi connectivity index (χ1v) is 20.2. The Morgan fingerprint density at radius 3 is 2.67 bits per heavy atom. The number of carbonyl (C=O) groups is 1. The summed E-state index contributed by atoms with van der Waals surface area (Å²) >= 11 is 0. The van der Waals surface area contributed by atoms with E-state index in [-0.39, 0.29) is 46.7 Å². The van der Waals surface area contributed by atoms with Crippen molar-refractivity contribution >= 4 is 53.4 Å². The number of nitrogens with zero attached hydrogens (tertiary/aromatic N) is 4. The van der Waals surface area contributed by atoms with Gasteiger partial charge in [0.1, 0.15) is 23.9 Å². The van der Waals surface area contributed by atoms with Crippen LogP contribution < -0.4 is 32.5 Å². The normalized spacial score (nSPS) is 25.9. The van der Waals surface area contributed by atoms with Crippen molar-refractivity contribution in [3.8, 4) is 0 Å². The maximum atomic E-state index is 12.8. The molecular formula is C36H49N8O10P. The molecule has 0 radical (unpaired) electrons. The van der Waals surface area contributed by atoms with Gasteiger partial charge in [-0.1, -0.05) is 19.8 Å². The molecule has 7 rings (SSSR count). The highest BCUT2D eigenvalue weighted by molar-refractivity contribution is 7.47. The third kappa shape index (κ3) is 8.02. The van der Waals surface area contributed by atoms with Crippen LogP contribution in [0.3, 0.4) is 0 Å². The van der Waals surface area contributed by atoms with Gasteiger partial charge in [-0.2, -0.15) is 4.98 Å².